The molecule has 0 saturated heterocycles. The van der Waals surface area contributed by atoms with Crippen molar-refractivity contribution >= 4 is 29.4 Å². The minimum atomic E-state index is -5.45. The number of ether oxygens (including phenoxy) is 1. The van der Waals surface area contributed by atoms with Gasteiger partial charge in [-0.05, 0) is 111 Å². The van der Waals surface area contributed by atoms with Gasteiger partial charge in [-0.1, -0.05) is 30.3 Å². The highest BCUT2D eigenvalue weighted by Gasteiger charge is 2.66. The van der Waals surface area contributed by atoms with Crippen LogP contribution in [0, 0.1) is 18.8 Å². The van der Waals surface area contributed by atoms with Gasteiger partial charge in [0.1, 0.15) is 6.04 Å². The third kappa shape index (κ3) is 10.0. The van der Waals surface area contributed by atoms with Gasteiger partial charge in [-0.25, -0.2) is 9.78 Å². The number of hydrogen-bond acceptors (Lipinski definition) is 8. The van der Waals surface area contributed by atoms with Gasteiger partial charge in [0.15, 0.2) is 5.82 Å². The molecule has 1 aromatic heterocycles. The van der Waals surface area contributed by atoms with Crippen LogP contribution in [-0.2, 0) is 31.5 Å². The molecule has 57 heavy (non-hydrogen) atoms. The number of halogens is 4. The Morgan fingerprint density at radius 2 is 1.60 bits per heavy atom. The number of alkyl halides is 4. The largest absolute Gasteiger partial charge is 0.477 e. The molecular weight excluding hydrogens is 750 g/mol. The van der Waals surface area contributed by atoms with Crippen molar-refractivity contribution in [2.45, 2.75) is 69.9 Å². The molecule has 1 aliphatic rings. The summed E-state index contributed by atoms with van der Waals surface area (Å²) in [6.07, 6.45) is 3.05. The molecule has 7 N–H and O–H groups in total. The fraction of sp³-hybridized carbons (Fsp3) is 0.400. The second-order valence-electron chi connectivity index (χ2n) is 14.3. The molecule has 13 nitrogen and oxygen atoms in total. The SMILES string of the molecule is COC[C@H](C)NC(=O)c1ccc(-c2ccc(CC(NC(=O)[C@H]3CC[C@H](CN)CC3)C(=O)Nc3ccc(-c4nc(C(F)(F)C(F)(F)C(=O)O)n[nH]4)cc3)cc2)c(C)c1. The first-order valence-corrected chi connectivity index (χ1v) is 18.4. The van der Waals surface area contributed by atoms with Crippen LogP contribution in [0.15, 0.2) is 66.7 Å². The molecule has 1 heterocycles. The average molecular weight is 796 g/mol. The molecule has 3 aromatic carbocycles. The minimum Gasteiger partial charge on any atom is -0.477 e. The van der Waals surface area contributed by atoms with Crippen LogP contribution in [0.25, 0.3) is 22.5 Å². The van der Waals surface area contributed by atoms with Gasteiger partial charge in [0.05, 0.1) is 6.61 Å². The highest BCUT2D eigenvalue weighted by molar-refractivity contribution is 5.98. The zero-order chi connectivity index (χ0) is 41.5. The van der Waals surface area contributed by atoms with Crippen LogP contribution < -0.4 is 21.7 Å². The van der Waals surface area contributed by atoms with Crippen LogP contribution in [0.1, 0.15) is 59.9 Å². The number of rotatable bonds is 16. The number of nitrogens with two attached hydrogens (primary N) is 1. The third-order valence-corrected chi connectivity index (χ3v) is 10.0. The third-order valence-electron chi connectivity index (χ3n) is 10.0. The van der Waals surface area contributed by atoms with Crippen molar-refractivity contribution in [1.82, 2.24) is 25.8 Å². The Morgan fingerprint density at radius 1 is 0.947 bits per heavy atom. The maximum absolute atomic E-state index is 14.2. The van der Waals surface area contributed by atoms with E-state index < -0.39 is 35.6 Å². The number of H-pyrrole nitrogens is 1. The Morgan fingerprint density at radius 3 is 2.19 bits per heavy atom. The van der Waals surface area contributed by atoms with Crippen LogP contribution in [0.3, 0.4) is 0 Å². The van der Waals surface area contributed by atoms with Crippen LogP contribution >= 0.6 is 0 Å². The lowest BCUT2D eigenvalue weighted by molar-refractivity contribution is -0.231. The Labute approximate surface area is 326 Å². The van der Waals surface area contributed by atoms with Gasteiger partial charge in [0, 0.05) is 42.3 Å². The lowest BCUT2D eigenvalue weighted by Crippen LogP contribution is -2.48. The molecule has 0 spiro atoms. The standard InChI is InChI=1S/C40H45F4N7O6/c1-22-18-29(35(53)46-23(2)21-57-3)14-17-31(22)26-8-4-24(5-9-26)19-32(48-34(52)28-10-6-25(20-45)7-11-28)36(54)47-30-15-12-27(13-16-30)33-49-37(51-50-33)39(41,42)40(43,44)38(55)56/h4-5,8-9,12-18,23,25,28,32H,6-7,10-11,19-21,45H2,1-3H3,(H,46,53)(H,47,54)(H,48,52)(H,55,56)(H,49,50,51)/t23-,25-,28-,32?/m0/s1. The summed E-state index contributed by atoms with van der Waals surface area (Å²) in [4.78, 5) is 54.0. The van der Waals surface area contributed by atoms with Crippen molar-refractivity contribution < 1.29 is 46.6 Å². The molecule has 0 radical (unpaired) electrons. The van der Waals surface area contributed by atoms with Gasteiger partial charge >= 0.3 is 17.8 Å². The molecule has 3 amide bonds. The summed E-state index contributed by atoms with van der Waals surface area (Å²) in [6, 6.07) is 17.3. The number of aromatic nitrogens is 3. The van der Waals surface area contributed by atoms with E-state index >= 15 is 0 Å². The molecule has 4 aromatic rings. The summed E-state index contributed by atoms with van der Waals surface area (Å²) in [5, 5.41) is 22.4. The summed E-state index contributed by atoms with van der Waals surface area (Å²) >= 11 is 0. The summed E-state index contributed by atoms with van der Waals surface area (Å²) in [5.74, 6) is -16.6. The first-order chi connectivity index (χ1) is 27.0. The number of carbonyl (C=O) groups is 4. The van der Waals surface area contributed by atoms with Crippen LogP contribution in [0.4, 0.5) is 23.2 Å². The molecule has 1 unspecified atom stereocenters. The predicted molar refractivity (Wildman–Crippen MR) is 202 cm³/mol. The Hall–Kier alpha value is -5.68. The van der Waals surface area contributed by atoms with Crippen molar-refractivity contribution in [3.05, 3.63) is 89.2 Å². The number of aromatic amines is 1. The van der Waals surface area contributed by atoms with Crippen molar-refractivity contribution in [3.63, 3.8) is 0 Å². The van der Waals surface area contributed by atoms with E-state index in [1.807, 2.05) is 50.2 Å². The van der Waals surface area contributed by atoms with E-state index in [1.54, 1.807) is 13.2 Å². The smallest absolute Gasteiger partial charge is 0.411 e. The molecule has 1 aliphatic carbocycles. The maximum Gasteiger partial charge on any atom is 0.411 e. The van der Waals surface area contributed by atoms with Gasteiger partial charge in [0.25, 0.3) is 5.91 Å². The van der Waals surface area contributed by atoms with E-state index in [9.17, 15) is 36.7 Å². The molecule has 0 aliphatic heterocycles. The molecule has 1 saturated carbocycles. The molecular formula is C40H45F4N7O6. The number of aliphatic carboxylic acids is 1. The number of anilines is 1. The Bertz CT molecular complexity index is 2050. The first-order valence-electron chi connectivity index (χ1n) is 18.4. The van der Waals surface area contributed by atoms with Crippen molar-refractivity contribution in [2.75, 3.05) is 25.6 Å². The maximum atomic E-state index is 14.2. The number of carboxylic acid groups (broad SMARTS) is 1. The van der Waals surface area contributed by atoms with Crippen molar-refractivity contribution in [1.29, 1.82) is 0 Å². The van der Waals surface area contributed by atoms with E-state index in [1.165, 1.54) is 24.3 Å². The number of amides is 3. The van der Waals surface area contributed by atoms with Gasteiger partial charge in [-0.3, -0.25) is 19.5 Å². The lowest BCUT2D eigenvalue weighted by atomic mass is 9.81. The summed E-state index contributed by atoms with van der Waals surface area (Å²) in [5.41, 5.74) is 10.2. The number of carboxylic acids is 1. The monoisotopic (exact) mass is 795 g/mol. The quantitative estimate of drug-likeness (QED) is 0.0798. The zero-order valence-electron chi connectivity index (χ0n) is 31.6. The van der Waals surface area contributed by atoms with Gasteiger partial charge in [0.2, 0.25) is 17.6 Å². The molecule has 0 bridgehead atoms. The van der Waals surface area contributed by atoms with Gasteiger partial charge < -0.3 is 31.5 Å². The molecule has 1 fully saturated rings. The average Bonchev–Trinajstić information content (AvgIpc) is 3.70. The highest BCUT2D eigenvalue weighted by atomic mass is 19.3. The predicted octanol–water partition coefficient (Wildman–Crippen LogP) is 5.45. The normalized spacial score (nSPS) is 17.0. The van der Waals surface area contributed by atoms with E-state index in [0.29, 0.717) is 37.5 Å². The Kier molecular flexibility index (Phi) is 13.5. The first kappa shape index (κ1) is 42.5. The second kappa shape index (κ2) is 18.1. The van der Waals surface area contributed by atoms with Crippen LogP contribution in [0.5, 0.6) is 0 Å². The zero-order valence-corrected chi connectivity index (χ0v) is 31.6. The van der Waals surface area contributed by atoms with Gasteiger partial charge in [-0.2, -0.15) is 22.7 Å². The molecule has 304 valence electrons. The number of nitrogens with zero attached hydrogens (tertiary/aromatic N) is 2. The fourth-order valence-electron chi connectivity index (χ4n) is 6.69. The number of hydrogen-bond donors (Lipinski definition) is 6. The number of benzene rings is 3. The topological polar surface area (TPSA) is 201 Å². The second-order valence-corrected chi connectivity index (χ2v) is 14.3. The summed E-state index contributed by atoms with van der Waals surface area (Å²) in [7, 11) is 1.57. The number of methoxy groups -OCH3 is 1. The number of nitrogens with one attached hydrogen (secondary N) is 4. The van der Waals surface area contributed by atoms with E-state index in [-0.39, 0.29) is 47.3 Å². The summed E-state index contributed by atoms with van der Waals surface area (Å²) in [6.45, 7) is 4.70. The van der Waals surface area contributed by atoms with E-state index in [0.717, 1.165) is 35.1 Å². The Balaban J connectivity index is 1.30. The molecule has 5 rings (SSSR count). The van der Waals surface area contributed by atoms with Crippen LogP contribution in [-0.4, -0.2) is 82.2 Å². The van der Waals surface area contributed by atoms with Crippen LogP contribution in [0.2, 0.25) is 0 Å². The van der Waals surface area contributed by atoms with Crippen molar-refractivity contribution in [2.24, 2.45) is 17.6 Å². The van der Waals surface area contributed by atoms with E-state index in [2.05, 4.69) is 31.1 Å². The number of carbonyl (C=O) groups excluding carboxylic acids is 3. The van der Waals surface area contributed by atoms with Gasteiger partial charge in [-0.15, -0.1) is 0 Å². The minimum absolute atomic E-state index is 0.129. The summed E-state index contributed by atoms with van der Waals surface area (Å²) < 4.78 is 60.9. The molecule has 17 heteroatoms. The van der Waals surface area contributed by atoms with E-state index in [4.69, 9.17) is 15.6 Å². The molecule has 2 atom stereocenters. The van der Waals surface area contributed by atoms with Crippen molar-refractivity contribution in [3.8, 4) is 22.5 Å². The number of aryl methyl sites for hydroxylation is 1. The highest BCUT2D eigenvalue weighted by Crippen LogP contribution is 2.42. The fourth-order valence-corrected chi connectivity index (χ4v) is 6.69. The lowest BCUT2D eigenvalue weighted by Gasteiger charge is -2.28.